The molecule has 1 N–H and O–H groups in total. The van der Waals surface area contributed by atoms with E-state index in [4.69, 9.17) is 11.6 Å². The fourth-order valence-corrected chi connectivity index (χ4v) is 3.74. The highest BCUT2D eigenvalue weighted by atomic mass is 35.5. The smallest absolute Gasteiger partial charge is 0.222 e. The first-order valence-corrected chi connectivity index (χ1v) is 9.01. The summed E-state index contributed by atoms with van der Waals surface area (Å²) in [5.41, 5.74) is 0.584. The van der Waals surface area contributed by atoms with E-state index in [1.807, 2.05) is 0 Å². The van der Waals surface area contributed by atoms with Crippen molar-refractivity contribution in [2.45, 2.75) is 30.3 Å². The van der Waals surface area contributed by atoms with Crippen LogP contribution in [0.2, 0.25) is 5.02 Å². The summed E-state index contributed by atoms with van der Waals surface area (Å²) in [5, 5.41) is 3.74. The minimum absolute atomic E-state index is 0.141. The number of piperidine rings is 1. The molecule has 0 aromatic heterocycles. The normalized spacial score (nSPS) is 19.9. The molecular formula is C14H19ClN2O3S. The lowest BCUT2D eigenvalue weighted by molar-refractivity contribution is -0.132. The number of likely N-dealkylation sites (tertiary alicyclic amines) is 1. The van der Waals surface area contributed by atoms with Gasteiger partial charge >= 0.3 is 0 Å². The van der Waals surface area contributed by atoms with Gasteiger partial charge in [-0.1, -0.05) is 17.7 Å². The van der Waals surface area contributed by atoms with Gasteiger partial charge in [0.15, 0.2) is 9.84 Å². The molecule has 1 saturated heterocycles. The van der Waals surface area contributed by atoms with E-state index in [9.17, 15) is 13.2 Å². The van der Waals surface area contributed by atoms with Gasteiger partial charge in [0.25, 0.3) is 0 Å². The molecule has 1 fully saturated rings. The van der Waals surface area contributed by atoms with E-state index < -0.39 is 9.84 Å². The number of hydrogen-bond donors (Lipinski definition) is 1. The number of carbonyl (C=O) groups is 1. The molecule has 116 valence electrons. The van der Waals surface area contributed by atoms with Gasteiger partial charge in [-0.3, -0.25) is 4.79 Å². The Hall–Kier alpha value is -1.11. The van der Waals surface area contributed by atoms with Crippen LogP contribution in [0.3, 0.4) is 0 Å². The lowest BCUT2D eigenvalue weighted by Crippen LogP contribution is -2.46. The molecule has 1 heterocycles. The number of sulfone groups is 1. The summed E-state index contributed by atoms with van der Waals surface area (Å²) >= 11 is 6.14. The maximum absolute atomic E-state index is 11.8. The van der Waals surface area contributed by atoms with Crippen LogP contribution in [-0.2, 0) is 21.2 Å². The molecule has 5 nitrogen and oxygen atoms in total. The summed E-state index contributed by atoms with van der Waals surface area (Å²) in [4.78, 5) is 13.4. The summed E-state index contributed by atoms with van der Waals surface area (Å²) in [6, 6.07) is 5.03. The van der Waals surface area contributed by atoms with Crippen molar-refractivity contribution in [1.29, 1.82) is 0 Å². The Kier molecular flexibility index (Phi) is 4.91. The molecule has 1 atom stereocenters. The summed E-state index contributed by atoms with van der Waals surface area (Å²) in [7, 11) is -1.55. The molecule has 1 amide bonds. The summed E-state index contributed by atoms with van der Waals surface area (Å²) in [6.45, 7) is 0.992. The van der Waals surface area contributed by atoms with Crippen LogP contribution < -0.4 is 5.32 Å². The zero-order valence-electron chi connectivity index (χ0n) is 12.1. The van der Waals surface area contributed by atoms with Crippen LogP contribution in [0.25, 0.3) is 0 Å². The van der Waals surface area contributed by atoms with Crippen LogP contribution in [0.15, 0.2) is 23.1 Å². The standard InChI is InChI=1S/C14H19ClN2O3S/c1-17-9-10(6-7-14(17)18)16-8-11-12(15)4-3-5-13(11)21(2,19)20/h3-5,10,16H,6-9H2,1-2H3. The third-order valence-electron chi connectivity index (χ3n) is 3.67. The van der Waals surface area contributed by atoms with E-state index >= 15 is 0 Å². The fraction of sp³-hybridized carbons (Fsp3) is 0.500. The maximum Gasteiger partial charge on any atom is 0.222 e. The van der Waals surface area contributed by atoms with Crippen molar-refractivity contribution in [2.24, 2.45) is 0 Å². The number of nitrogens with one attached hydrogen (secondary N) is 1. The average molecular weight is 331 g/mol. The molecule has 0 bridgehead atoms. The highest BCUT2D eigenvalue weighted by molar-refractivity contribution is 7.90. The molecule has 1 aromatic rings. The predicted octanol–water partition coefficient (Wildman–Crippen LogP) is 1.45. The average Bonchev–Trinajstić information content (AvgIpc) is 2.40. The molecule has 1 aliphatic rings. The molecule has 0 radical (unpaired) electrons. The quantitative estimate of drug-likeness (QED) is 0.907. The van der Waals surface area contributed by atoms with Crippen molar-refractivity contribution in [3.63, 3.8) is 0 Å². The van der Waals surface area contributed by atoms with Crippen molar-refractivity contribution in [3.8, 4) is 0 Å². The lowest BCUT2D eigenvalue weighted by atomic mass is 10.1. The van der Waals surface area contributed by atoms with E-state index in [-0.39, 0.29) is 16.8 Å². The minimum atomic E-state index is -3.32. The largest absolute Gasteiger partial charge is 0.344 e. The van der Waals surface area contributed by atoms with Gasteiger partial charge in [-0.05, 0) is 18.6 Å². The van der Waals surface area contributed by atoms with Crippen molar-refractivity contribution in [3.05, 3.63) is 28.8 Å². The number of benzene rings is 1. The molecule has 7 heteroatoms. The van der Waals surface area contributed by atoms with E-state index in [1.54, 1.807) is 30.1 Å². The van der Waals surface area contributed by atoms with E-state index in [0.29, 0.717) is 30.1 Å². The molecule has 21 heavy (non-hydrogen) atoms. The second-order valence-corrected chi connectivity index (χ2v) is 7.77. The Morgan fingerprint density at radius 1 is 1.43 bits per heavy atom. The highest BCUT2D eigenvalue weighted by Gasteiger charge is 2.23. The van der Waals surface area contributed by atoms with Gasteiger partial charge in [-0.2, -0.15) is 0 Å². The lowest BCUT2D eigenvalue weighted by Gasteiger charge is -2.30. The zero-order chi connectivity index (χ0) is 15.6. The molecule has 0 saturated carbocycles. The van der Waals surface area contributed by atoms with Gasteiger partial charge < -0.3 is 10.2 Å². The number of nitrogens with zero attached hydrogens (tertiary/aromatic N) is 1. The second-order valence-electron chi connectivity index (χ2n) is 5.38. The van der Waals surface area contributed by atoms with Gasteiger partial charge in [-0.25, -0.2) is 8.42 Å². The Bertz CT molecular complexity index is 646. The second kappa shape index (κ2) is 6.34. The molecular weight excluding hydrogens is 312 g/mol. The Morgan fingerprint density at radius 2 is 2.14 bits per heavy atom. The Morgan fingerprint density at radius 3 is 2.76 bits per heavy atom. The summed E-state index contributed by atoms with van der Waals surface area (Å²) < 4.78 is 23.6. The van der Waals surface area contributed by atoms with E-state index in [2.05, 4.69) is 5.32 Å². The predicted molar refractivity (Wildman–Crippen MR) is 82.1 cm³/mol. The van der Waals surface area contributed by atoms with Crippen LogP contribution >= 0.6 is 11.6 Å². The van der Waals surface area contributed by atoms with Gasteiger partial charge in [0, 0.05) is 49.4 Å². The van der Waals surface area contributed by atoms with Crippen molar-refractivity contribution < 1.29 is 13.2 Å². The molecule has 2 rings (SSSR count). The van der Waals surface area contributed by atoms with Gasteiger partial charge in [0.2, 0.25) is 5.91 Å². The molecule has 1 unspecified atom stereocenters. The number of carbonyl (C=O) groups excluding carboxylic acids is 1. The number of amides is 1. The van der Waals surface area contributed by atoms with Crippen molar-refractivity contribution in [2.75, 3.05) is 19.8 Å². The summed E-state index contributed by atoms with van der Waals surface area (Å²) in [6.07, 6.45) is 2.44. The maximum atomic E-state index is 11.8. The monoisotopic (exact) mass is 330 g/mol. The number of hydrogen-bond acceptors (Lipinski definition) is 4. The summed E-state index contributed by atoms with van der Waals surface area (Å²) in [5.74, 6) is 0.141. The Labute approximate surface area is 130 Å². The van der Waals surface area contributed by atoms with Crippen LogP contribution in [0.5, 0.6) is 0 Å². The highest BCUT2D eigenvalue weighted by Crippen LogP contribution is 2.24. The van der Waals surface area contributed by atoms with E-state index in [0.717, 1.165) is 6.42 Å². The molecule has 1 aliphatic heterocycles. The zero-order valence-corrected chi connectivity index (χ0v) is 13.7. The van der Waals surface area contributed by atoms with Crippen LogP contribution in [0.4, 0.5) is 0 Å². The molecule has 0 spiro atoms. The van der Waals surface area contributed by atoms with Crippen molar-refractivity contribution in [1.82, 2.24) is 10.2 Å². The van der Waals surface area contributed by atoms with E-state index in [1.165, 1.54) is 6.26 Å². The first-order chi connectivity index (χ1) is 9.79. The van der Waals surface area contributed by atoms with Crippen LogP contribution in [-0.4, -0.2) is 45.1 Å². The number of likely N-dealkylation sites (N-methyl/N-ethyl adjacent to an activating group) is 1. The SMILES string of the molecule is CN1CC(NCc2c(Cl)cccc2S(C)(=O)=O)CCC1=O. The number of rotatable bonds is 4. The first kappa shape index (κ1) is 16.3. The van der Waals surface area contributed by atoms with Crippen molar-refractivity contribution >= 4 is 27.3 Å². The fourth-order valence-electron chi connectivity index (χ4n) is 2.48. The van der Waals surface area contributed by atoms with Gasteiger partial charge in [-0.15, -0.1) is 0 Å². The minimum Gasteiger partial charge on any atom is -0.344 e. The third-order valence-corrected chi connectivity index (χ3v) is 5.21. The topological polar surface area (TPSA) is 66.5 Å². The number of halogens is 1. The Balaban J connectivity index is 2.12. The third kappa shape index (κ3) is 3.96. The van der Waals surface area contributed by atoms with Gasteiger partial charge in [0.05, 0.1) is 4.90 Å². The first-order valence-electron chi connectivity index (χ1n) is 6.74. The molecule has 0 aliphatic carbocycles. The molecule has 1 aromatic carbocycles. The van der Waals surface area contributed by atoms with Crippen LogP contribution in [0, 0.1) is 0 Å². The van der Waals surface area contributed by atoms with Crippen LogP contribution in [0.1, 0.15) is 18.4 Å². The van der Waals surface area contributed by atoms with Gasteiger partial charge in [0.1, 0.15) is 0 Å².